The summed E-state index contributed by atoms with van der Waals surface area (Å²) in [6.07, 6.45) is 3.46. The van der Waals surface area contributed by atoms with E-state index >= 15 is 0 Å². The summed E-state index contributed by atoms with van der Waals surface area (Å²) in [6, 6.07) is 3.71. The van der Waals surface area contributed by atoms with Gasteiger partial charge < -0.3 is 9.84 Å². The molecule has 1 fully saturated rings. The molecule has 1 saturated heterocycles. The lowest BCUT2D eigenvalue weighted by Gasteiger charge is -2.28. The van der Waals surface area contributed by atoms with E-state index in [1.54, 1.807) is 19.2 Å². The number of carbonyl (C=O) groups excluding carboxylic acids is 1. The van der Waals surface area contributed by atoms with Crippen LogP contribution in [0.3, 0.4) is 0 Å². The molecule has 1 aliphatic heterocycles. The Balaban J connectivity index is 2.13. The smallest absolute Gasteiger partial charge is 0.320 e. The predicted molar refractivity (Wildman–Crippen MR) is 75.4 cm³/mol. The molecule has 110 valence electrons. The Morgan fingerprint density at radius 2 is 2.35 bits per heavy atom. The minimum atomic E-state index is -0.264. The van der Waals surface area contributed by atoms with Crippen LogP contribution in [0.2, 0.25) is 5.15 Å². The molecular formula is C14H19ClN2O3. The lowest BCUT2D eigenvalue weighted by atomic mass is 10.1. The molecule has 0 amide bonds. The van der Waals surface area contributed by atoms with E-state index in [1.807, 2.05) is 11.0 Å². The zero-order valence-electron chi connectivity index (χ0n) is 11.5. The minimum absolute atomic E-state index is 0.0138. The molecule has 2 heterocycles. The van der Waals surface area contributed by atoms with Crippen LogP contribution in [0.15, 0.2) is 18.3 Å². The van der Waals surface area contributed by atoms with Crippen molar-refractivity contribution in [3.8, 4) is 0 Å². The Kier molecular flexibility index (Phi) is 5.34. The van der Waals surface area contributed by atoms with Gasteiger partial charge in [0.05, 0.1) is 19.8 Å². The summed E-state index contributed by atoms with van der Waals surface area (Å²) < 4.78 is 5.00. The number of likely N-dealkylation sites (tertiary alicyclic amines) is 1. The maximum atomic E-state index is 11.7. The number of esters is 1. The number of halogens is 1. The maximum absolute atomic E-state index is 11.7. The van der Waals surface area contributed by atoms with E-state index in [2.05, 4.69) is 4.98 Å². The zero-order chi connectivity index (χ0) is 14.5. The van der Waals surface area contributed by atoms with Crippen molar-refractivity contribution < 1.29 is 14.6 Å². The largest absolute Gasteiger partial charge is 0.465 e. The maximum Gasteiger partial charge on any atom is 0.320 e. The first kappa shape index (κ1) is 15.2. The SMILES string of the molecule is CCOC(=O)CN1C(CO)CCC1c1ccc(Cl)nc1. The molecule has 0 aliphatic carbocycles. The molecule has 1 N–H and O–H groups in total. The average molecular weight is 299 g/mol. The third-order valence-electron chi connectivity index (χ3n) is 3.61. The second-order valence-electron chi connectivity index (χ2n) is 4.82. The predicted octanol–water partition coefficient (Wildman–Crippen LogP) is 1.80. The van der Waals surface area contributed by atoms with Crippen LogP contribution in [-0.4, -0.2) is 46.8 Å². The number of ether oxygens (including phenoxy) is 1. The van der Waals surface area contributed by atoms with Crippen LogP contribution < -0.4 is 0 Å². The molecule has 0 aromatic carbocycles. The minimum Gasteiger partial charge on any atom is -0.465 e. The number of carbonyl (C=O) groups is 1. The first-order valence-corrected chi connectivity index (χ1v) is 7.17. The van der Waals surface area contributed by atoms with Crippen LogP contribution in [0.25, 0.3) is 0 Å². The topological polar surface area (TPSA) is 62.7 Å². The highest BCUT2D eigenvalue weighted by molar-refractivity contribution is 6.29. The van der Waals surface area contributed by atoms with Gasteiger partial charge in [0.1, 0.15) is 5.15 Å². The molecular weight excluding hydrogens is 280 g/mol. The van der Waals surface area contributed by atoms with Gasteiger partial charge in [0, 0.05) is 18.3 Å². The number of aliphatic hydroxyl groups is 1. The van der Waals surface area contributed by atoms with Crippen LogP contribution in [0, 0.1) is 0 Å². The van der Waals surface area contributed by atoms with Gasteiger partial charge in [-0.3, -0.25) is 9.69 Å². The fourth-order valence-corrected chi connectivity index (χ4v) is 2.78. The van der Waals surface area contributed by atoms with Crippen LogP contribution in [0.4, 0.5) is 0 Å². The van der Waals surface area contributed by atoms with Crippen molar-refractivity contribution in [3.05, 3.63) is 29.0 Å². The quantitative estimate of drug-likeness (QED) is 0.663. The monoisotopic (exact) mass is 298 g/mol. The van der Waals surface area contributed by atoms with Crippen LogP contribution in [-0.2, 0) is 9.53 Å². The normalized spacial score (nSPS) is 22.9. The molecule has 0 radical (unpaired) electrons. The summed E-state index contributed by atoms with van der Waals surface area (Å²) >= 11 is 5.80. The van der Waals surface area contributed by atoms with Crippen LogP contribution in [0.1, 0.15) is 31.4 Å². The van der Waals surface area contributed by atoms with E-state index in [1.165, 1.54) is 0 Å². The standard InChI is InChI=1S/C14H19ClN2O3/c1-2-20-14(19)8-17-11(9-18)4-5-12(17)10-3-6-13(15)16-7-10/h3,6-7,11-12,18H,2,4-5,8-9H2,1H3. The number of pyridine rings is 1. The second-order valence-corrected chi connectivity index (χ2v) is 5.21. The molecule has 1 aromatic heterocycles. The van der Waals surface area contributed by atoms with E-state index < -0.39 is 0 Å². The van der Waals surface area contributed by atoms with E-state index in [0.717, 1.165) is 18.4 Å². The summed E-state index contributed by atoms with van der Waals surface area (Å²) in [7, 11) is 0. The lowest BCUT2D eigenvalue weighted by molar-refractivity contribution is -0.145. The van der Waals surface area contributed by atoms with Gasteiger partial charge in [0.15, 0.2) is 0 Å². The van der Waals surface area contributed by atoms with Crippen molar-refractivity contribution in [2.45, 2.75) is 31.8 Å². The Morgan fingerprint density at radius 1 is 1.55 bits per heavy atom. The molecule has 1 aliphatic rings. The van der Waals surface area contributed by atoms with Crippen molar-refractivity contribution >= 4 is 17.6 Å². The van der Waals surface area contributed by atoms with Gasteiger partial charge >= 0.3 is 5.97 Å². The van der Waals surface area contributed by atoms with E-state index in [9.17, 15) is 9.90 Å². The molecule has 2 rings (SSSR count). The number of nitrogens with zero attached hydrogens (tertiary/aromatic N) is 2. The highest BCUT2D eigenvalue weighted by atomic mass is 35.5. The molecule has 0 saturated carbocycles. The summed E-state index contributed by atoms with van der Waals surface area (Å²) in [5.74, 6) is -0.264. The first-order valence-electron chi connectivity index (χ1n) is 6.79. The highest BCUT2D eigenvalue weighted by Gasteiger charge is 2.35. The van der Waals surface area contributed by atoms with Crippen molar-refractivity contribution in [3.63, 3.8) is 0 Å². The van der Waals surface area contributed by atoms with Gasteiger partial charge in [-0.05, 0) is 31.4 Å². The Morgan fingerprint density at radius 3 is 2.95 bits per heavy atom. The van der Waals surface area contributed by atoms with Gasteiger partial charge in [-0.25, -0.2) is 4.98 Å². The molecule has 0 bridgehead atoms. The molecule has 20 heavy (non-hydrogen) atoms. The number of hydrogen-bond donors (Lipinski definition) is 1. The molecule has 5 nitrogen and oxygen atoms in total. The molecule has 0 spiro atoms. The zero-order valence-corrected chi connectivity index (χ0v) is 12.2. The highest BCUT2D eigenvalue weighted by Crippen LogP contribution is 2.35. The van der Waals surface area contributed by atoms with Gasteiger partial charge in [-0.2, -0.15) is 0 Å². The van der Waals surface area contributed by atoms with E-state index in [0.29, 0.717) is 11.8 Å². The second kappa shape index (κ2) is 7.02. The van der Waals surface area contributed by atoms with Gasteiger partial charge in [0.25, 0.3) is 0 Å². The molecule has 2 atom stereocenters. The first-order chi connectivity index (χ1) is 9.65. The molecule has 2 unspecified atom stereocenters. The summed E-state index contributed by atoms with van der Waals surface area (Å²) in [5, 5.41) is 9.90. The average Bonchev–Trinajstić information content (AvgIpc) is 2.82. The third-order valence-corrected chi connectivity index (χ3v) is 3.83. The fourth-order valence-electron chi connectivity index (χ4n) is 2.67. The van der Waals surface area contributed by atoms with E-state index in [4.69, 9.17) is 16.3 Å². The van der Waals surface area contributed by atoms with Gasteiger partial charge in [0.2, 0.25) is 0 Å². The third kappa shape index (κ3) is 3.48. The molecule has 1 aromatic rings. The van der Waals surface area contributed by atoms with Crippen molar-refractivity contribution in [1.29, 1.82) is 0 Å². The van der Waals surface area contributed by atoms with Crippen molar-refractivity contribution in [2.75, 3.05) is 19.8 Å². The van der Waals surface area contributed by atoms with Crippen LogP contribution >= 0.6 is 11.6 Å². The summed E-state index contributed by atoms with van der Waals surface area (Å²) in [4.78, 5) is 17.8. The molecule has 6 heteroatoms. The fraction of sp³-hybridized carbons (Fsp3) is 0.571. The Bertz CT molecular complexity index is 452. The lowest BCUT2D eigenvalue weighted by Crippen LogP contribution is -2.38. The Labute approximate surface area is 123 Å². The number of rotatable bonds is 5. The summed E-state index contributed by atoms with van der Waals surface area (Å²) in [5.41, 5.74) is 1.01. The number of aromatic nitrogens is 1. The Hall–Kier alpha value is -1.17. The van der Waals surface area contributed by atoms with Gasteiger partial charge in [-0.15, -0.1) is 0 Å². The van der Waals surface area contributed by atoms with Crippen LogP contribution in [0.5, 0.6) is 0 Å². The van der Waals surface area contributed by atoms with Gasteiger partial charge in [-0.1, -0.05) is 17.7 Å². The number of hydrogen-bond acceptors (Lipinski definition) is 5. The van der Waals surface area contributed by atoms with Crippen molar-refractivity contribution in [2.24, 2.45) is 0 Å². The van der Waals surface area contributed by atoms with Crippen molar-refractivity contribution in [1.82, 2.24) is 9.88 Å². The summed E-state index contributed by atoms with van der Waals surface area (Å²) in [6.45, 7) is 2.37. The van der Waals surface area contributed by atoms with E-state index in [-0.39, 0.29) is 31.2 Å². The number of aliphatic hydroxyl groups excluding tert-OH is 1.